The molecule has 3 N–H and O–H groups in total. The third-order valence-corrected chi connectivity index (χ3v) is 5.11. The molecule has 1 aliphatic rings. The molecule has 0 saturated heterocycles. The minimum atomic E-state index is -3.19. The molecular formula is C10H21ClN2O2S. The minimum absolute atomic E-state index is 0.00925. The fourth-order valence-electron chi connectivity index (χ4n) is 1.96. The number of nitrogens with two attached hydrogens (primary N) is 1. The summed E-state index contributed by atoms with van der Waals surface area (Å²) >= 11 is 5.61. The Kier molecular flexibility index (Phi) is 5.50. The lowest BCUT2D eigenvalue weighted by Gasteiger charge is -2.26. The van der Waals surface area contributed by atoms with E-state index in [4.69, 9.17) is 17.3 Å². The normalized spacial score (nSPS) is 28.9. The Morgan fingerprint density at radius 3 is 2.44 bits per heavy atom. The molecule has 1 atom stereocenters. The molecule has 0 amide bonds. The molecule has 1 saturated carbocycles. The molecule has 0 radical (unpaired) electrons. The van der Waals surface area contributed by atoms with E-state index in [9.17, 15) is 8.42 Å². The maximum Gasteiger partial charge on any atom is 0.212 e. The van der Waals surface area contributed by atoms with Gasteiger partial charge in [0.15, 0.2) is 0 Å². The Morgan fingerprint density at radius 1 is 1.38 bits per heavy atom. The van der Waals surface area contributed by atoms with Gasteiger partial charge in [0.05, 0.1) is 5.75 Å². The Bertz CT molecular complexity index is 300. The summed E-state index contributed by atoms with van der Waals surface area (Å²) in [6.07, 6.45) is 3.49. The molecule has 1 fully saturated rings. The van der Waals surface area contributed by atoms with Crippen LogP contribution >= 0.6 is 11.6 Å². The Balaban J connectivity index is 2.40. The molecule has 96 valence electrons. The van der Waals surface area contributed by atoms with Crippen LogP contribution in [0.1, 0.15) is 32.6 Å². The van der Waals surface area contributed by atoms with E-state index in [1.807, 2.05) is 6.92 Å². The number of sulfonamides is 1. The van der Waals surface area contributed by atoms with Crippen LogP contribution in [-0.4, -0.2) is 32.1 Å². The summed E-state index contributed by atoms with van der Waals surface area (Å²) in [5.41, 5.74) is 5.77. The standard InChI is InChI=1S/C10H21ClN2O2S/c1-8(6-11)7-16(14,15)13-10-4-2-9(12)3-5-10/h8-10,13H,2-7,12H2,1H3. The van der Waals surface area contributed by atoms with Gasteiger partial charge in [0.25, 0.3) is 0 Å². The summed E-state index contributed by atoms with van der Waals surface area (Å²) in [7, 11) is -3.19. The fourth-order valence-corrected chi connectivity index (χ4v) is 3.90. The number of nitrogens with one attached hydrogen (secondary N) is 1. The van der Waals surface area contributed by atoms with Crippen LogP contribution in [0, 0.1) is 5.92 Å². The van der Waals surface area contributed by atoms with Gasteiger partial charge in [0, 0.05) is 18.0 Å². The Labute approximate surface area is 103 Å². The molecular weight excluding hydrogens is 248 g/mol. The van der Waals surface area contributed by atoms with Crippen molar-refractivity contribution in [1.82, 2.24) is 4.72 Å². The molecule has 0 bridgehead atoms. The third kappa shape index (κ3) is 4.99. The quantitative estimate of drug-likeness (QED) is 0.732. The molecule has 4 nitrogen and oxygen atoms in total. The molecule has 1 rings (SSSR count). The average molecular weight is 269 g/mol. The van der Waals surface area contributed by atoms with Gasteiger partial charge >= 0.3 is 0 Å². The lowest BCUT2D eigenvalue weighted by Crippen LogP contribution is -2.42. The molecule has 0 spiro atoms. The van der Waals surface area contributed by atoms with Crippen LogP contribution in [0.3, 0.4) is 0 Å². The maximum absolute atomic E-state index is 11.7. The van der Waals surface area contributed by atoms with Crippen molar-refractivity contribution in [1.29, 1.82) is 0 Å². The van der Waals surface area contributed by atoms with E-state index in [-0.39, 0.29) is 23.8 Å². The van der Waals surface area contributed by atoms with E-state index in [0.29, 0.717) is 5.88 Å². The van der Waals surface area contributed by atoms with Crippen molar-refractivity contribution in [3.8, 4) is 0 Å². The highest BCUT2D eigenvalue weighted by Crippen LogP contribution is 2.18. The van der Waals surface area contributed by atoms with Gasteiger partial charge in [-0.2, -0.15) is 0 Å². The fraction of sp³-hybridized carbons (Fsp3) is 1.00. The van der Waals surface area contributed by atoms with Crippen LogP contribution in [0.5, 0.6) is 0 Å². The summed E-state index contributed by atoms with van der Waals surface area (Å²) < 4.78 is 26.2. The van der Waals surface area contributed by atoms with Crippen molar-refractivity contribution in [2.24, 2.45) is 11.7 Å². The zero-order chi connectivity index (χ0) is 12.2. The highest BCUT2D eigenvalue weighted by atomic mass is 35.5. The molecule has 0 aromatic carbocycles. The molecule has 16 heavy (non-hydrogen) atoms. The molecule has 0 heterocycles. The first kappa shape index (κ1) is 14.2. The zero-order valence-electron chi connectivity index (χ0n) is 9.65. The number of halogens is 1. The minimum Gasteiger partial charge on any atom is -0.328 e. The van der Waals surface area contributed by atoms with Gasteiger partial charge in [-0.3, -0.25) is 0 Å². The van der Waals surface area contributed by atoms with Crippen LogP contribution in [0.25, 0.3) is 0 Å². The van der Waals surface area contributed by atoms with Crippen LogP contribution in [0.2, 0.25) is 0 Å². The second kappa shape index (κ2) is 6.19. The summed E-state index contributed by atoms with van der Waals surface area (Å²) in [4.78, 5) is 0. The first-order valence-electron chi connectivity index (χ1n) is 5.74. The Hall–Kier alpha value is 0.160. The average Bonchev–Trinajstić information content (AvgIpc) is 2.20. The highest BCUT2D eigenvalue weighted by Gasteiger charge is 2.24. The highest BCUT2D eigenvalue weighted by molar-refractivity contribution is 7.89. The largest absolute Gasteiger partial charge is 0.328 e. The van der Waals surface area contributed by atoms with Crippen LogP contribution < -0.4 is 10.5 Å². The topological polar surface area (TPSA) is 72.2 Å². The van der Waals surface area contributed by atoms with Gasteiger partial charge in [0.2, 0.25) is 10.0 Å². The molecule has 0 aliphatic heterocycles. The number of alkyl halides is 1. The predicted molar refractivity (Wildman–Crippen MR) is 67.0 cm³/mol. The van der Waals surface area contributed by atoms with E-state index in [1.165, 1.54) is 0 Å². The van der Waals surface area contributed by atoms with Crippen LogP contribution in [0.4, 0.5) is 0 Å². The van der Waals surface area contributed by atoms with Crippen molar-refractivity contribution in [3.63, 3.8) is 0 Å². The van der Waals surface area contributed by atoms with Crippen molar-refractivity contribution < 1.29 is 8.42 Å². The summed E-state index contributed by atoms with van der Waals surface area (Å²) in [6, 6.07) is 0.301. The Morgan fingerprint density at radius 2 is 1.94 bits per heavy atom. The van der Waals surface area contributed by atoms with E-state index in [1.54, 1.807) is 0 Å². The third-order valence-electron chi connectivity index (χ3n) is 2.89. The molecule has 6 heteroatoms. The number of rotatable bonds is 5. The monoisotopic (exact) mass is 268 g/mol. The first-order chi connectivity index (χ1) is 7.43. The van der Waals surface area contributed by atoms with E-state index in [2.05, 4.69) is 4.72 Å². The first-order valence-corrected chi connectivity index (χ1v) is 7.93. The number of hydrogen-bond donors (Lipinski definition) is 2. The van der Waals surface area contributed by atoms with Crippen molar-refractivity contribution in [2.75, 3.05) is 11.6 Å². The van der Waals surface area contributed by atoms with Gasteiger partial charge in [-0.15, -0.1) is 11.6 Å². The summed E-state index contributed by atoms with van der Waals surface area (Å²) in [6.45, 7) is 1.84. The smallest absolute Gasteiger partial charge is 0.212 e. The van der Waals surface area contributed by atoms with Crippen LogP contribution in [0.15, 0.2) is 0 Å². The van der Waals surface area contributed by atoms with Gasteiger partial charge in [0.1, 0.15) is 0 Å². The van der Waals surface area contributed by atoms with E-state index >= 15 is 0 Å². The zero-order valence-corrected chi connectivity index (χ0v) is 11.2. The maximum atomic E-state index is 11.7. The number of hydrogen-bond acceptors (Lipinski definition) is 3. The van der Waals surface area contributed by atoms with Gasteiger partial charge in [-0.1, -0.05) is 6.92 Å². The second-order valence-electron chi connectivity index (χ2n) is 4.77. The molecule has 0 aromatic heterocycles. The molecule has 1 aliphatic carbocycles. The van der Waals surface area contributed by atoms with Crippen molar-refractivity contribution in [3.05, 3.63) is 0 Å². The molecule has 1 unspecified atom stereocenters. The second-order valence-corrected chi connectivity index (χ2v) is 6.88. The summed E-state index contributed by atoms with van der Waals surface area (Å²) in [5.74, 6) is 0.472. The van der Waals surface area contributed by atoms with E-state index < -0.39 is 10.0 Å². The van der Waals surface area contributed by atoms with Crippen molar-refractivity contribution >= 4 is 21.6 Å². The van der Waals surface area contributed by atoms with Gasteiger partial charge in [-0.05, 0) is 31.6 Å². The lowest BCUT2D eigenvalue weighted by atomic mass is 9.93. The van der Waals surface area contributed by atoms with Crippen molar-refractivity contribution in [2.45, 2.75) is 44.7 Å². The van der Waals surface area contributed by atoms with E-state index in [0.717, 1.165) is 25.7 Å². The SMILES string of the molecule is CC(CCl)CS(=O)(=O)NC1CCC(N)CC1. The van der Waals surface area contributed by atoms with Crippen LogP contribution in [-0.2, 0) is 10.0 Å². The lowest BCUT2D eigenvalue weighted by molar-refractivity contribution is 0.373. The predicted octanol–water partition coefficient (Wildman–Crippen LogP) is 1.05. The van der Waals surface area contributed by atoms with Gasteiger partial charge in [-0.25, -0.2) is 13.1 Å². The van der Waals surface area contributed by atoms with Gasteiger partial charge < -0.3 is 5.73 Å². The molecule has 0 aromatic rings. The summed E-state index contributed by atoms with van der Waals surface area (Å²) in [5, 5.41) is 0.